The number of hydrogen-bond acceptors (Lipinski definition) is 4. The highest BCUT2D eigenvalue weighted by molar-refractivity contribution is 7.17. The van der Waals surface area contributed by atoms with E-state index >= 15 is 0 Å². The summed E-state index contributed by atoms with van der Waals surface area (Å²) in [4.78, 5) is 31.7. The lowest BCUT2D eigenvalue weighted by Gasteiger charge is -2.11. The van der Waals surface area contributed by atoms with Gasteiger partial charge in [0.1, 0.15) is 4.88 Å². The van der Waals surface area contributed by atoms with Crippen molar-refractivity contribution < 1.29 is 9.59 Å². The van der Waals surface area contributed by atoms with E-state index < -0.39 is 0 Å². The average molecular weight is 407 g/mol. The fraction of sp³-hybridized carbons (Fsp3) is 0.227. The standard InChI is InChI=1S/C22H22N4O2S/c1-15-19(20(27)23-13-17-10-6-3-7-11-17)29-22(24-15)26-14-18(25-21(26)28)12-16-8-4-2-5-9-16/h2-11,18H,12-14H2,1H3,(H,23,27)(H,25,28). The van der Waals surface area contributed by atoms with Crippen molar-refractivity contribution in [1.82, 2.24) is 15.6 Å². The second kappa shape index (κ2) is 8.45. The van der Waals surface area contributed by atoms with Crippen LogP contribution in [0.3, 0.4) is 0 Å². The van der Waals surface area contributed by atoms with Crippen molar-refractivity contribution >= 4 is 28.4 Å². The molecule has 0 radical (unpaired) electrons. The molecule has 4 rings (SSSR count). The van der Waals surface area contributed by atoms with Crippen LogP contribution in [-0.2, 0) is 13.0 Å². The van der Waals surface area contributed by atoms with Crippen LogP contribution in [-0.4, -0.2) is 29.5 Å². The smallest absolute Gasteiger partial charge is 0.324 e. The summed E-state index contributed by atoms with van der Waals surface area (Å²) in [6.45, 7) is 2.79. The summed E-state index contributed by atoms with van der Waals surface area (Å²) >= 11 is 1.25. The predicted molar refractivity (Wildman–Crippen MR) is 114 cm³/mol. The molecule has 2 aromatic carbocycles. The highest BCUT2D eigenvalue weighted by Gasteiger charge is 2.32. The summed E-state index contributed by atoms with van der Waals surface area (Å²) < 4.78 is 0. The van der Waals surface area contributed by atoms with E-state index in [0.717, 1.165) is 12.0 Å². The Morgan fingerprint density at radius 3 is 2.48 bits per heavy atom. The molecule has 0 bridgehead atoms. The van der Waals surface area contributed by atoms with E-state index in [9.17, 15) is 9.59 Å². The Kier molecular flexibility index (Phi) is 5.57. The van der Waals surface area contributed by atoms with Gasteiger partial charge in [-0.25, -0.2) is 9.78 Å². The Morgan fingerprint density at radius 1 is 1.14 bits per heavy atom. The molecule has 0 aliphatic carbocycles. The first kappa shape index (κ1) is 19.1. The molecule has 0 spiro atoms. The van der Waals surface area contributed by atoms with Gasteiger partial charge in [-0.05, 0) is 24.5 Å². The fourth-order valence-corrected chi connectivity index (χ4v) is 4.34. The summed E-state index contributed by atoms with van der Waals surface area (Å²) in [5.74, 6) is -0.171. The Bertz CT molecular complexity index is 1000. The van der Waals surface area contributed by atoms with Crippen LogP contribution < -0.4 is 15.5 Å². The van der Waals surface area contributed by atoms with Crippen molar-refractivity contribution in [2.24, 2.45) is 0 Å². The van der Waals surface area contributed by atoms with Crippen LogP contribution in [0.15, 0.2) is 60.7 Å². The maximum Gasteiger partial charge on any atom is 0.324 e. The van der Waals surface area contributed by atoms with Crippen molar-refractivity contribution in [2.45, 2.75) is 25.9 Å². The highest BCUT2D eigenvalue weighted by Crippen LogP contribution is 2.28. The normalized spacial score (nSPS) is 16.0. The van der Waals surface area contributed by atoms with Gasteiger partial charge in [0.05, 0.1) is 18.3 Å². The van der Waals surface area contributed by atoms with E-state index in [-0.39, 0.29) is 18.0 Å². The van der Waals surface area contributed by atoms with Gasteiger partial charge in [0.25, 0.3) is 5.91 Å². The molecule has 1 atom stereocenters. The van der Waals surface area contributed by atoms with Crippen LogP contribution in [0.5, 0.6) is 0 Å². The largest absolute Gasteiger partial charge is 0.347 e. The number of carbonyl (C=O) groups is 2. The quantitative estimate of drug-likeness (QED) is 0.658. The van der Waals surface area contributed by atoms with E-state index in [4.69, 9.17) is 0 Å². The van der Waals surface area contributed by atoms with Crippen molar-refractivity contribution in [2.75, 3.05) is 11.4 Å². The number of urea groups is 1. The summed E-state index contributed by atoms with van der Waals surface area (Å²) in [5, 5.41) is 6.49. The Labute approximate surface area is 173 Å². The topological polar surface area (TPSA) is 74.3 Å². The Hall–Kier alpha value is -3.19. The van der Waals surface area contributed by atoms with Gasteiger partial charge in [0, 0.05) is 6.54 Å². The van der Waals surface area contributed by atoms with Crippen LogP contribution in [0.25, 0.3) is 0 Å². The molecular weight excluding hydrogens is 384 g/mol. The molecule has 2 heterocycles. The number of nitrogens with one attached hydrogen (secondary N) is 2. The summed E-state index contributed by atoms with van der Waals surface area (Å²) in [5.41, 5.74) is 2.84. The number of carbonyl (C=O) groups excluding carboxylic acids is 2. The van der Waals surface area contributed by atoms with Crippen LogP contribution >= 0.6 is 11.3 Å². The molecule has 1 fully saturated rings. The molecule has 148 valence electrons. The molecule has 1 aliphatic rings. The maximum absolute atomic E-state index is 12.6. The van der Waals surface area contributed by atoms with Crippen molar-refractivity contribution in [3.05, 3.63) is 82.4 Å². The van der Waals surface area contributed by atoms with E-state index in [0.29, 0.717) is 28.8 Å². The number of aromatic nitrogens is 1. The van der Waals surface area contributed by atoms with Gasteiger partial charge in [0.2, 0.25) is 0 Å². The van der Waals surface area contributed by atoms with Crippen molar-refractivity contribution in [3.63, 3.8) is 0 Å². The Morgan fingerprint density at radius 2 is 1.79 bits per heavy atom. The minimum atomic E-state index is -0.171. The number of aryl methyl sites for hydroxylation is 1. The second-order valence-electron chi connectivity index (χ2n) is 7.03. The minimum absolute atomic E-state index is 0.0180. The molecule has 3 aromatic rings. The molecule has 29 heavy (non-hydrogen) atoms. The first-order valence-corrected chi connectivity index (χ1v) is 10.3. The molecule has 0 saturated carbocycles. The molecule has 1 aliphatic heterocycles. The van der Waals surface area contributed by atoms with E-state index in [1.807, 2.05) is 48.5 Å². The lowest BCUT2D eigenvalue weighted by molar-refractivity contribution is 0.0954. The monoisotopic (exact) mass is 406 g/mol. The number of thiazole rings is 1. The number of amides is 3. The maximum atomic E-state index is 12.6. The van der Waals surface area contributed by atoms with E-state index in [2.05, 4.69) is 27.8 Å². The molecule has 1 saturated heterocycles. The molecule has 1 unspecified atom stereocenters. The fourth-order valence-electron chi connectivity index (χ4n) is 3.35. The highest BCUT2D eigenvalue weighted by atomic mass is 32.1. The average Bonchev–Trinajstić information content (AvgIpc) is 3.30. The van der Waals surface area contributed by atoms with Crippen LogP contribution in [0, 0.1) is 6.92 Å². The molecule has 6 nitrogen and oxygen atoms in total. The predicted octanol–water partition coefficient (Wildman–Crippen LogP) is 3.52. The van der Waals surface area contributed by atoms with Gasteiger partial charge in [-0.2, -0.15) is 0 Å². The number of anilines is 1. The lowest BCUT2D eigenvalue weighted by Crippen LogP contribution is -2.29. The third kappa shape index (κ3) is 4.46. The van der Waals surface area contributed by atoms with Gasteiger partial charge < -0.3 is 10.6 Å². The molecule has 2 N–H and O–H groups in total. The first-order chi connectivity index (χ1) is 14.1. The van der Waals surface area contributed by atoms with Crippen molar-refractivity contribution in [1.29, 1.82) is 0 Å². The minimum Gasteiger partial charge on any atom is -0.347 e. The molecule has 3 amide bonds. The zero-order valence-corrected chi connectivity index (χ0v) is 16.9. The van der Waals surface area contributed by atoms with Gasteiger partial charge in [-0.1, -0.05) is 72.0 Å². The van der Waals surface area contributed by atoms with Crippen LogP contribution in [0.4, 0.5) is 9.93 Å². The number of rotatable bonds is 6. The number of nitrogens with zero attached hydrogens (tertiary/aromatic N) is 2. The summed E-state index contributed by atoms with van der Waals surface area (Å²) in [7, 11) is 0. The molecule has 7 heteroatoms. The summed E-state index contributed by atoms with van der Waals surface area (Å²) in [6.07, 6.45) is 0.762. The van der Waals surface area contributed by atoms with Gasteiger partial charge in [-0.3, -0.25) is 9.69 Å². The van der Waals surface area contributed by atoms with E-state index in [1.165, 1.54) is 16.9 Å². The van der Waals surface area contributed by atoms with Gasteiger partial charge in [-0.15, -0.1) is 0 Å². The molecular formula is C22H22N4O2S. The first-order valence-electron chi connectivity index (χ1n) is 9.51. The zero-order valence-electron chi connectivity index (χ0n) is 16.1. The zero-order chi connectivity index (χ0) is 20.2. The van der Waals surface area contributed by atoms with Crippen LogP contribution in [0.1, 0.15) is 26.5 Å². The third-order valence-corrected chi connectivity index (χ3v) is 6.00. The van der Waals surface area contributed by atoms with Crippen LogP contribution in [0.2, 0.25) is 0 Å². The summed E-state index contributed by atoms with van der Waals surface area (Å²) in [6, 6.07) is 19.7. The van der Waals surface area contributed by atoms with Gasteiger partial charge >= 0.3 is 6.03 Å². The van der Waals surface area contributed by atoms with E-state index in [1.54, 1.807) is 11.8 Å². The lowest BCUT2D eigenvalue weighted by atomic mass is 10.1. The molecule has 1 aromatic heterocycles. The Balaban J connectivity index is 1.41. The SMILES string of the molecule is Cc1nc(N2CC(Cc3ccccc3)NC2=O)sc1C(=O)NCc1ccccc1. The number of hydrogen-bond donors (Lipinski definition) is 2. The number of benzene rings is 2. The van der Waals surface area contributed by atoms with Crippen molar-refractivity contribution in [3.8, 4) is 0 Å². The van der Waals surface area contributed by atoms with Gasteiger partial charge in [0.15, 0.2) is 5.13 Å². The third-order valence-electron chi connectivity index (χ3n) is 4.82. The second-order valence-corrected chi connectivity index (χ2v) is 8.00.